The van der Waals surface area contributed by atoms with Crippen LogP contribution in [0.1, 0.15) is 265 Å². The van der Waals surface area contributed by atoms with Crippen molar-refractivity contribution in [3.8, 4) is 0 Å². The van der Waals surface area contributed by atoms with Crippen LogP contribution in [0.15, 0.2) is 134 Å². The molecule has 1 unspecified atom stereocenters. The Balaban J connectivity index is 4.50. The van der Waals surface area contributed by atoms with Crippen LogP contribution in [-0.4, -0.2) is 37.2 Å². The molecule has 0 saturated heterocycles. The van der Waals surface area contributed by atoms with Gasteiger partial charge >= 0.3 is 17.9 Å². The minimum absolute atomic E-state index is 0.100. The van der Waals surface area contributed by atoms with Crippen LogP contribution in [-0.2, 0) is 28.6 Å². The highest BCUT2D eigenvalue weighted by molar-refractivity contribution is 5.71. The number of allylic oxidation sites excluding steroid dienone is 22. The van der Waals surface area contributed by atoms with Crippen LogP contribution in [0, 0.1) is 0 Å². The van der Waals surface area contributed by atoms with Crippen LogP contribution in [0.5, 0.6) is 0 Å². The Morgan fingerprint density at radius 2 is 0.560 bits per heavy atom. The summed E-state index contributed by atoms with van der Waals surface area (Å²) in [7, 11) is 0. The summed E-state index contributed by atoms with van der Waals surface area (Å²) in [5.41, 5.74) is 0. The number of esters is 3. The Kier molecular flexibility index (Phi) is 58.4. The lowest BCUT2D eigenvalue weighted by atomic mass is 10.1. The highest BCUT2D eigenvalue weighted by Crippen LogP contribution is 2.15. The van der Waals surface area contributed by atoms with Gasteiger partial charge in [-0.15, -0.1) is 0 Å². The third-order valence-corrected chi connectivity index (χ3v) is 12.6. The zero-order valence-corrected chi connectivity index (χ0v) is 48.5. The Morgan fingerprint density at radius 3 is 0.907 bits per heavy atom. The predicted octanol–water partition coefficient (Wildman–Crippen LogP) is 21.0. The molecule has 0 saturated carbocycles. The molecule has 0 aromatic heterocycles. The zero-order valence-electron chi connectivity index (χ0n) is 48.5. The van der Waals surface area contributed by atoms with Gasteiger partial charge in [-0.1, -0.05) is 251 Å². The van der Waals surface area contributed by atoms with Crippen molar-refractivity contribution in [1.82, 2.24) is 0 Å². The van der Waals surface area contributed by atoms with Crippen LogP contribution in [0.3, 0.4) is 0 Å². The quantitative estimate of drug-likeness (QED) is 0.0199. The summed E-state index contributed by atoms with van der Waals surface area (Å²) < 4.78 is 16.9. The molecule has 0 aliphatic carbocycles. The van der Waals surface area contributed by atoms with E-state index in [1.807, 2.05) is 0 Å². The lowest BCUT2D eigenvalue weighted by molar-refractivity contribution is -0.167. The predicted molar refractivity (Wildman–Crippen MR) is 325 cm³/mol. The van der Waals surface area contributed by atoms with Crippen molar-refractivity contribution >= 4 is 17.9 Å². The third kappa shape index (κ3) is 60.3. The van der Waals surface area contributed by atoms with E-state index >= 15 is 0 Å². The lowest BCUT2D eigenvalue weighted by Gasteiger charge is -2.18. The maximum absolute atomic E-state index is 12.9. The lowest BCUT2D eigenvalue weighted by Crippen LogP contribution is -2.30. The second-order valence-corrected chi connectivity index (χ2v) is 19.9. The van der Waals surface area contributed by atoms with E-state index in [4.69, 9.17) is 14.2 Å². The van der Waals surface area contributed by atoms with E-state index in [2.05, 4.69) is 154 Å². The number of unbranched alkanes of at least 4 members (excludes halogenated alkanes) is 22. The van der Waals surface area contributed by atoms with E-state index in [1.165, 1.54) is 89.9 Å². The molecule has 6 heteroatoms. The van der Waals surface area contributed by atoms with Crippen molar-refractivity contribution in [1.29, 1.82) is 0 Å². The first kappa shape index (κ1) is 70.5. The average molecular weight is 1040 g/mol. The smallest absolute Gasteiger partial charge is 0.306 e. The Labute approximate surface area is 462 Å². The second-order valence-electron chi connectivity index (χ2n) is 19.9. The summed E-state index contributed by atoms with van der Waals surface area (Å²) in [6.07, 6.45) is 87.2. The van der Waals surface area contributed by atoms with Crippen LogP contribution in [0.2, 0.25) is 0 Å². The molecular weight excluding hydrogens is 925 g/mol. The maximum Gasteiger partial charge on any atom is 0.306 e. The standard InChI is InChI=1S/C69H112O6/c1-4-7-10-13-16-19-22-25-28-31-34-37-40-43-46-49-52-55-58-61-67(70)73-64-66(75-69(72)63-60-57-54-51-48-45-42-39-36-33-30-27-24-21-18-15-12-9-6-3)65-74-68(71)62-59-56-53-50-47-44-41-38-35-32-29-26-23-20-17-14-11-8-5-2/h7,9-10,12,16-21,23,25-28,30,34,36-37,39,43,46,66H,4-6,8,11,13-15,22,24,29,31-33,35,38,40-42,44-45,47-65H2,1-3H3/b10-7-,12-9-,19-16-,20-17-,21-18-,26-23-,28-25-,30-27-,37-34-,39-36-,46-43-. The van der Waals surface area contributed by atoms with Crippen molar-refractivity contribution in [2.75, 3.05) is 13.2 Å². The van der Waals surface area contributed by atoms with Crippen LogP contribution >= 0.6 is 0 Å². The molecule has 0 amide bonds. The first-order valence-corrected chi connectivity index (χ1v) is 30.7. The van der Waals surface area contributed by atoms with Crippen molar-refractivity contribution in [2.24, 2.45) is 0 Å². The van der Waals surface area contributed by atoms with Crippen molar-refractivity contribution in [2.45, 2.75) is 271 Å². The van der Waals surface area contributed by atoms with Crippen molar-refractivity contribution in [3.63, 3.8) is 0 Å². The van der Waals surface area contributed by atoms with E-state index in [9.17, 15) is 14.4 Å². The van der Waals surface area contributed by atoms with Gasteiger partial charge in [0.1, 0.15) is 13.2 Å². The molecule has 0 aromatic rings. The summed E-state index contributed by atoms with van der Waals surface area (Å²) in [6, 6.07) is 0. The molecule has 1 atom stereocenters. The summed E-state index contributed by atoms with van der Waals surface area (Å²) >= 11 is 0. The average Bonchev–Trinajstić information content (AvgIpc) is 3.41. The van der Waals surface area contributed by atoms with E-state index in [-0.39, 0.29) is 31.1 Å². The van der Waals surface area contributed by atoms with Crippen LogP contribution < -0.4 is 0 Å². The molecule has 0 rings (SSSR count). The highest BCUT2D eigenvalue weighted by atomic mass is 16.6. The Bertz CT molecular complexity index is 1620. The van der Waals surface area contributed by atoms with Gasteiger partial charge < -0.3 is 14.2 Å². The molecule has 6 nitrogen and oxygen atoms in total. The second kappa shape index (κ2) is 62.1. The molecule has 0 N–H and O–H groups in total. The SMILES string of the molecule is CC/C=C\C/C=C\C/C=C\C/C=C\C/C=C\CCCCCC(=O)OCC(COC(=O)CCCCCCCCCCCC/C=C\C=C/CCCCC)OC(=O)CCCCCCCC/C=C\C/C=C\C/C=C\C/C=C\CC. The maximum atomic E-state index is 12.9. The largest absolute Gasteiger partial charge is 0.462 e. The molecular formula is C69H112O6. The minimum atomic E-state index is -0.808. The van der Waals surface area contributed by atoms with E-state index < -0.39 is 6.10 Å². The first-order valence-electron chi connectivity index (χ1n) is 30.7. The van der Waals surface area contributed by atoms with Gasteiger partial charge in [0.25, 0.3) is 0 Å². The van der Waals surface area contributed by atoms with Gasteiger partial charge in [0, 0.05) is 19.3 Å². The summed E-state index contributed by atoms with van der Waals surface area (Å²) in [5.74, 6) is -0.951. The van der Waals surface area contributed by atoms with Gasteiger partial charge in [0.2, 0.25) is 0 Å². The van der Waals surface area contributed by atoms with Crippen molar-refractivity contribution in [3.05, 3.63) is 134 Å². The number of hydrogen-bond donors (Lipinski definition) is 0. The van der Waals surface area contributed by atoms with Crippen molar-refractivity contribution < 1.29 is 28.6 Å². The molecule has 0 fully saturated rings. The van der Waals surface area contributed by atoms with E-state index in [0.29, 0.717) is 19.3 Å². The molecule has 424 valence electrons. The highest BCUT2D eigenvalue weighted by Gasteiger charge is 2.19. The Hall–Kier alpha value is -4.45. The fourth-order valence-corrected chi connectivity index (χ4v) is 8.10. The van der Waals surface area contributed by atoms with Gasteiger partial charge in [-0.3, -0.25) is 14.4 Å². The molecule has 0 heterocycles. The normalized spacial score (nSPS) is 13.1. The molecule has 0 aromatic carbocycles. The fourth-order valence-electron chi connectivity index (χ4n) is 8.10. The minimum Gasteiger partial charge on any atom is -0.462 e. The monoisotopic (exact) mass is 1040 g/mol. The van der Waals surface area contributed by atoms with Gasteiger partial charge in [0.05, 0.1) is 0 Å². The zero-order chi connectivity index (χ0) is 54.3. The number of ether oxygens (including phenoxy) is 3. The molecule has 0 aliphatic rings. The Morgan fingerprint density at radius 1 is 0.293 bits per heavy atom. The van der Waals surface area contributed by atoms with E-state index in [1.54, 1.807) is 0 Å². The molecule has 0 radical (unpaired) electrons. The van der Waals surface area contributed by atoms with Gasteiger partial charge in [-0.25, -0.2) is 0 Å². The number of carbonyl (C=O) groups excluding carboxylic acids is 3. The van der Waals surface area contributed by atoms with Gasteiger partial charge in [-0.2, -0.15) is 0 Å². The molecule has 0 aliphatic heterocycles. The number of carbonyl (C=O) groups is 3. The van der Waals surface area contributed by atoms with Gasteiger partial charge in [-0.05, 0) is 128 Å². The van der Waals surface area contributed by atoms with Crippen LogP contribution in [0.4, 0.5) is 0 Å². The third-order valence-electron chi connectivity index (χ3n) is 12.6. The fraction of sp³-hybridized carbons (Fsp3) is 0.638. The molecule has 75 heavy (non-hydrogen) atoms. The molecule has 0 bridgehead atoms. The topological polar surface area (TPSA) is 78.9 Å². The number of rotatable bonds is 54. The summed E-state index contributed by atoms with van der Waals surface area (Å²) in [4.78, 5) is 38.3. The van der Waals surface area contributed by atoms with Crippen LogP contribution in [0.25, 0.3) is 0 Å². The number of hydrogen-bond acceptors (Lipinski definition) is 6. The van der Waals surface area contributed by atoms with Gasteiger partial charge in [0.15, 0.2) is 6.10 Å². The summed E-state index contributed by atoms with van der Waals surface area (Å²) in [6.45, 7) is 6.35. The first-order chi connectivity index (χ1) is 37.0. The summed E-state index contributed by atoms with van der Waals surface area (Å²) in [5, 5.41) is 0. The van der Waals surface area contributed by atoms with E-state index in [0.717, 1.165) is 135 Å². The molecule has 0 spiro atoms.